The monoisotopic (exact) mass is 322 g/mol. The van der Waals surface area contributed by atoms with Crippen LogP contribution in [0.2, 0.25) is 0 Å². The molecule has 1 atom stereocenters. The predicted octanol–water partition coefficient (Wildman–Crippen LogP) is 1.84. The quantitative estimate of drug-likeness (QED) is 0.796. The second-order valence-electron chi connectivity index (χ2n) is 4.22. The highest BCUT2D eigenvalue weighted by molar-refractivity contribution is 9.09. The lowest BCUT2D eigenvalue weighted by molar-refractivity contribution is 0.387. The van der Waals surface area contributed by atoms with Crippen LogP contribution in [0.15, 0.2) is 9.42 Å². The van der Waals surface area contributed by atoms with Gasteiger partial charge in [-0.2, -0.15) is 4.31 Å². The topological polar surface area (TPSA) is 63.4 Å². The Labute approximate surface area is 109 Å². The number of sulfonamides is 1. The zero-order valence-electron chi connectivity index (χ0n) is 9.81. The molecule has 2 rings (SSSR count). The van der Waals surface area contributed by atoms with E-state index in [0.29, 0.717) is 23.3 Å². The van der Waals surface area contributed by atoms with E-state index in [1.54, 1.807) is 18.2 Å². The maximum absolute atomic E-state index is 12.5. The van der Waals surface area contributed by atoms with Crippen LogP contribution in [0.1, 0.15) is 24.3 Å². The molecule has 0 spiro atoms. The van der Waals surface area contributed by atoms with Crippen LogP contribution in [0.5, 0.6) is 0 Å². The maximum Gasteiger partial charge on any atom is 0.248 e. The maximum atomic E-state index is 12.5. The van der Waals surface area contributed by atoms with E-state index < -0.39 is 10.0 Å². The van der Waals surface area contributed by atoms with Crippen molar-refractivity contribution in [2.75, 3.05) is 11.9 Å². The first-order chi connectivity index (χ1) is 7.98. The number of halogens is 1. The van der Waals surface area contributed by atoms with E-state index >= 15 is 0 Å². The second kappa shape index (κ2) is 4.70. The van der Waals surface area contributed by atoms with Gasteiger partial charge in [0.2, 0.25) is 10.0 Å². The van der Waals surface area contributed by atoms with E-state index in [1.807, 2.05) is 0 Å². The highest BCUT2D eigenvalue weighted by Crippen LogP contribution is 2.30. The Balaban J connectivity index is 2.43. The lowest BCUT2D eigenvalue weighted by Gasteiger charge is -2.22. The average Bonchev–Trinajstić information content (AvgIpc) is 2.85. The number of alkyl halides is 1. The van der Waals surface area contributed by atoms with Crippen LogP contribution < -0.4 is 0 Å². The van der Waals surface area contributed by atoms with Crippen molar-refractivity contribution in [3.63, 3.8) is 0 Å². The molecule has 2 heterocycles. The Bertz CT molecular complexity index is 492. The van der Waals surface area contributed by atoms with E-state index in [1.165, 1.54) is 0 Å². The van der Waals surface area contributed by atoms with Crippen molar-refractivity contribution in [2.45, 2.75) is 37.6 Å². The molecular weight excluding hydrogens is 308 g/mol. The Hall–Kier alpha value is -0.400. The van der Waals surface area contributed by atoms with Gasteiger partial charge in [0, 0.05) is 17.9 Å². The van der Waals surface area contributed by atoms with Crippen LogP contribution in [0.3, 0.4) is 0 Å². The van der Waals surface area contributed by atoms with Gasteiger partial charge in [0.25, 0.3) is 0 Å². The van der Waals surface area contributed by atoms with Crippen LogP contribution >= 0.6 is 15.9 Å². The molecule has 1 aromatic heterocycles. The zero-order chi connectivity index (χ0) is 12.6. The summed E-state index contributed by atoms with van der Waals surface area (Å²) in [6, 6.07) is 0.0358. The van der Waals surface area contributed by atoms with Crippen molar-refractivity contribution < 1.29 is 12.9 Å². The van der Waals surface area contributed by atoms with E-state index in [0.717, 1.165) is 12.8 Å². The number of hydrogen-bond donors (Lipinski definition) is 0. The van der Waals surface area contributed by atoms with Crippen LogP contribution in [0.4, 0.5) is 0 Å². The highest BCUT2D eigenvalue weighted by atomic mass is 79.9. The first kappa shape index (κ1) is 13.0. The Kier molecular flexibility index (Phi) is 3.61. The summed E-state index contributed by atoms with van der Waals surface area (Å²) in [5.41, 5.74) is 0.433. The van der Waals surface area contributed by atoms with Gasteiger partial charge in [-0.25, -0.2) is 8.42 Å². The predicted molar refractivity (Wildman–Crippen MR) is 66.7 cm³/mol. The lowest BCUT2D eigenvalue weighted by atomic mass is 10.3. The average molecular weight is 323 g/mol. The number of aryl methyl sites for hydroxylation is 2. The minimum absolute atomic E-state index is 0.0358. The minimum Gasteiger partial charge on any atom is -0.360 e. The molecule has 17 heavy (non-hydrogen) atoms. The molecular formula is C10H15BrN2O3S. The molecule has 1 aliphatic rings. The molecule has 1 fully saturated rings. The molecule has 1 saturated heterocycles. The van der Waals surface area contributed by atoms with E-state index in [2.05, 4.69) is 21.1 Å². The number of rotatable bonds is 3. The molecule has 0 saturated carbocycles. The van der Waals surface area contributed by atoms with E-state index in [4.69, 9.17) is 4.52 Å². The standard InChI is InChI=1S/C10H15BrN2O3S/c1-7-10(8(2)16-12-7)17(14,15)13-5-3-4-9(13)6-11/h9H,3-6H2,1-2H3. The fourth-order valence-corrected chi connectivity index (χ4v) is 5.09. The van der Waals surface area contributed by atoms with Crippen molar-refractivity contribution in [3.8, 4) is 0 Å². The van der Waals surface area contributed by atoms with Crippen molar-refractivity contribution in [2.24, 2.45) is 0 Å². The van der Waals surface area contributed by atoms with Crippen molar-refractivity contribution in [1.82, 2.24) is 9.46 Å². The zero-order valence-corrected chi connectivity index (χ0v) is 12.2. The molecule has 0 N–H and O–H groups in total. The normalized spacial score (nSPS) is 22.2. The van der Waals surface area contributed by atoms with E-state index in [-0.39, 0.29) is 10.9 Å². The number of aromatic nitrogens is 1. The van der Waals surface area contributed by atoms with Gasteiger partial charge in [-0.1, -0.05) is 21.1 Å². The Morgan fingerprint density at radius 2 is 2.24 bits per heavy atom. The van der Waals surface area contributed by atoms with Crippen molar-refractivity contribution >= 4 is 26.0 Å². The summed E-state index contributed by atoms with van der Waals surface area (Å²) < 4.78 is 31.5. The van der Waals surface area contributed by atoms with Crippen LogP contribution in [-0.2, 0) is 10.0 Å². The summed E-state index contributed by atoms with van der Waals surface area (Å²) in [5.74, 6) is 0.364. The third-order valence-electron chi connectivity index (χ3n) is 3.04. The van der Waals surface area contributed by atoms with Crippen molar-refractivity contribution in [3.05, 3.63) is 11.5 Å². The van der Waals surface area contributed by atoms with Gasteiger partial charge in [-0.05, 0) is 26.7 Å². The molecule has 0 aromatic carbocycles. The second-order valence-corrected chi connectivity index (χ2v) is 6.69. The third kappa shape index (κ3) is 2.15. The summed E-state index contributed by atoms with van der Waals surface area (Å²) in [6.45, 7) is 3.86. The fourth-order valence-electron chi connectivity index (χ4n) is 2.24. The molecule has 0 amide bonds. The van der Waals surface area contributed by atoms with E-state index in [9.17, 15) is 8.42 Å². The van der Waals surface area contributed by atoms with Gasteiger partial charge in [0.1, 0.15) is 10.6 Å². The third-order valence-corrected chi connectivity index (χ3v) is 5.98. The molecule has 5 nitrogen and oxygen atoms in total. The largest absolute Gasteiger partial charge is 0.360 e. The van der Waals surface area contributed by atoms with Gasteiger partial charge in [-0.15, -0.1) is 0 Å². The number of nitrogens with zero attached hydrogens (tertiary/aromatic N) is 2. The molecule has 1 aliphatic heterocycles. The first-order valence-electron chi connectivity index (χ1n) is 5.49. The summed E-state index contributed by atoms with van der Waals surface area (Å²) >= 11 is 3.36. The molecule has 7 heteroatoms. The van der Waals surface area contributed by atoms with Gasteiger partial charge < -0.3 is 4.52 Å². The summed E-state index contributed by atoms with van der Waals surface area (Å²) in [6.07, 6.45) is 1.80. The first-order valence-corrected chi connectivity index (χ1v) is 8.05. The molecule has 1 unspecified atom stereocenters. The van der Waals surface area contributed by atoms with Crippen LogP contribution in [-0.4, -0.2) is 35.8 Å². The van der Waals surface area contributed by atoms with Gasteiger partial charge in [0.15, 0.2) is 5.76 Å². The lowest BCUT2D eigenvalue weighted by Crippen LogP contribution is -2.36. The SMILES string of the molecule is Cc1noc(C)c1S(=O)(=O)N1CCCC1CBr. The van der Waals surface area contributed by atoms with Gasteiger partial charge >= 0.3 is 0 Å². The Morgan fingerprint density at radius 3 is 2.76 bits per heavy atom. The highest BCUT2D eigenvalue weighted by Gasteiger charge is 2.37. The minimum atomic E-state index is -3.47. The van der Waals surface area contributed by atoms with Gasteiger partial charge in [-0.3, -0.25) is 0 Å². The van der Waals surface area contributed by atoms with Crippen LogP contribution in [0.25, 0.3) is 0 Å². The Morgan fingerprint density at radius 1 is 1.53 bits per heavy atom. The van der Waals surface area contributed by atoms with Crippen LogP contribution in [0, 0.1) is 13.8 Å². The molecule has 0 aliphatic carbocycles. The molecule has 0 radical (unpaired) electrons. The fraction of sp³-hybridized carbons (Fsp3) is 0.700. The summed E-state index contributed by atoms with van der Waals surface area (Å²) in [4.78, 5) is 0.227. The van der Waals surface area contributed by atoms with Gasteiger partial charge in [0.05, 0.1) is 0 Å². The molecule has 1 aromatic rings. The number of hydrogen-bond acceptors (Lipinski definition) is 4. The summed E-state index contributed by atoms with van der Waals surface area (Å²) in [5, 5.41) is 4.37. The molecule has 96 valence electrons. The summed E-state index contributed by atoms with van der Waals surface area (Å²) in [7, 11) is -3.47. The smallest absolute Gasteiger partial charge is 0.248 e. The molecule has 0 bridgehead atoms. The van der Waals surface area contributed by atoms with Crippen molar-refractivity contribution in [1.29, 1.82) is 0 Å².